The highest BCUT2D eigenvalue weighted by atomic mass is 16.5. The van der Waals surface area contributed by atoms with Crippen molar-refractivity contribution >= 4 is 11.9 Å². The van der Waals surface area contributed by atoms with Gasteiger partial charge in [0.2, 0.25) is 0 Å². The van der Waals surface area contributed by atoms with Crippen LogP contribution in [0.5, 0.6) is 0 Å². The molecule has 0 unspecified atom stereocenters. The summed E-state index contributed by atoms with van der Waals surface area (Å²) in [6, 6.07) is 18.9. The van der Waals surface area contributed by atoms with E-state index in [2.05, 4.69) is 5.32 Å². The van der Waals surface area contributed by atoms with Gasteiger partial charge in [-0.25, -0.2) is 4.79 Å². The molecule has 0 radical (unpaired) electrons. The Hall–Kier alpha value is -2.66. The molecule has 26 heavy (non-hydrogen) atoms. The van der Waals surface area contributed by atoms with E-state index in [0.717, 1.165) is 11.1 Å². The molecule has 0 bridgehead atoms. The zero-order valence-corrected chi connectivity index (χ0v) is 14.9. The second kappa shape index (κ2) is 8.63. The molecule has 5 nitrogen and oxygen atoms in total. The monoisotopic (exact) mass is 352 g/mol. The van der Waals surface area contributed by atoms with Crippen LogP contribution in [0.2, 0.25) is 0 Å². The highest BCUT2D eigenvalue weighted by molar-refractivity contribution is 6.04. The summed E-state index contributed by atoms with van der Waals surface area (Å²) in [5, 5.41) is 2.77. The molecule has 5 heteroatoms. The minimum Gasteiger partial charge on any atom is -0.374 e. The van der Waals surface area contributed by atoms with Crippen molar-refractivity contribution in [3.05, 3.63) is 71.8 Å². The summed E-state index contributed by atoms with van der Waals surface area (Å²) in [7, 11) is 0. The summed E-state index contributed by atoms with van der Waals surface area (Å²) in [5.74, 6) is -0.157. The number of hydrogen-bond donors (Lipinski definition) is 1. The number of nitrogens with one attached hydrogen (secondary N) is 1. The molecule has 3 rings (SSSR count). The molecule has 2 atom stereocenters. The van der Waals surface area contributed by atoms with E-state index in [-0.39, 0.29) is 18.0 Å². The average Bonchev–Trinajstić information content (AvgIpc) is 2.93. The third kappa shape index (κ3) is 4.49. The first-order valence-electron chi connectivity index (χ1n) is 8.97. The van der Waals surface area contributed by atoms with Crippen molar-refractivity contribution in [1.82, 2.24) is 10.2 Å². The van der Waals surface area contributed by atoms with Gasteiger partial charge in [-0.15, -0.1) is 0 Å². The van der Waals surface area contributed by atoms with Crippen LogP contribution in [-0.2, 0) is 16.0 Å². The van der Waals surface area contributed by atoms with Crippen molar-refractivity contribution in [2.24, 2.45) is 0 Å². The Morgan fingerprint density at radius 3 is 2.38 bits per heavy atom. The molecule has 1 aliphatic heterocycles. The van der Waals surface area contributed by atoms with Gasteiger partial charge >= 0.3 is 6.03 Å². The summed E-state index contributed by atoms with van der Waals surface area (Å²) in [6.07, 6.45) is 1.13. The van der Waals surface area contributed by atoms with Gasteiger partial charge in [0.15, 0.2) is 0 Å². The highest BCUT2D eigenvalue weighted by Gasteiger charge is 2.37. The quantitative estimate of drug-likeness (QED) is 0.586. The lowest BCUT2D eigenvalue weighted by Gasteiger charge is -2.16. The Bertz CT molecular complexity index is 733. The van der Waals surface area contributed by atoms with E-state index in [9.17, 15) is 9.59 Å². The van der Waals surface area contributed by atoms with Gasteiger partial charge in [0.25, 0.3) is 5.91 Å². The molecule has 2 aromatic carbocycles. The number of urea groups is 1. The minimum atomic E-state index is -0.478. The van der Waals surface area contributed by atoms with Gasteiger partial charge in [0.05, 0.1) is 6.10 Å². The van der Waals surface area contributed by atoms with Crippen LogP contribution in [0.15, 0.2) is 60.7 Å². The van der Waals surface area contributed by atoms with Crippen molar-refractivity contribution in [3.63, 3.8) is 0 Å². The maximum Gasteiger partial charge on any atom is 0.324 e. The molecule has 2 aromatic rings. The molecular formula is C21H24N2O3. The van der Waals surface area contributed by atoms with Crippen molar-refractivity contribution < 1.29 is 14.3 Å². The fourth-order valence-corrected chi connectivity index (χ4v) is 3.08. The van der Waals surface area contributed by atoms with Gasteiger partial charge in [-0.3, -0.25) is 9.69 Å². The van der Waals surface area contributed by atoms with Gasteiger partial charge in [-0.1, -0.05) is 60.7 Å². The van der Waals surface area contributed by atoms with Crippen molar-refractivity contribution in [3.8, 4) is 0 Å². The fraction of sp³-hybridized carbons (Fsp3) is 0.333. The van der Waals surface area contributed by atoms with Gasteiger partial charge in [0, 0.05) is 19.6 Å². The Labute approximate surface area is 154 Å². The first-order valence-corrected chi connectivity index (χ1v) is 8.97. The van der Waals surface area contributed by atoms with Crippen LogP contribution in [0, 0.1) is 0 Å². The molecule has 1 aliphatic rings. The van der Waals surface area contributed by atoms with E-state index in [4.69, 9.17) is 4.74 Å². The molecule has 1 heterocycles. The maximum atomic E-state index is 12.5. The molecule has 0 spiro atoms. The Balaban J connectivity index is 1.45. The Kier molecular flexibility index (Phi) is 6.02. The number of ether oxygens (including phenoxy) is 1. The second-order valence-electron chi connectivity index (χ2n) is 6.46. The fourth-order valence-electron chi connectivity index (χ4n) is 3.08. The lowest BCUT2D eigenvalue weighted by atomic mass is 10.1. The van der Waals surface area contributed by atoms with Crippen LogP contribution >= 0.6 is 0 Å². The standard InChI is InChI=1S/C21H24N2O3/c1-16(18-11-6-3-7-12-18)26-14-8-13-23-20(24)19(22-21(23)25)15-17-9-4-2-5-10-17/h2-7,9-12,16,19H,8,13-15H2,1H3,(H,22,25)/t16-,19-/m0/s1. The van der Waals surface area contributed by atoms with Gasteiger partial charge < -0.3 is 10.1 Å². The smallest absolute Gasteiger partial charge is 0.324 e. The number of hydrogen-bond acceptors (Lipinski definition) is 3. The third-order valence-electron chi connectivity index (χ3n) is 4.55. The largest absolute Gasteiger partial charge is 0.374 e. The SMILES string of the molecule is C[C@H](OCCCN1C(=O)N[C@@H](Cc2ccccc2)C1=O)c1ccccc1. The van der Waals surface area contributed by atoms with E-state index < -0.39 is 6.04 Å². The van der Waals surface area contributed by atoms with Crippen LogP contribution < -0.4 is 5.32 Å². The zero-order chi connectivity index (χ0) is 18.4. The van der Waals surface area contributed by atoms with E-state index in [1.54, 1.807) is 0 Å². The Morgan fingerprint density at radius 1 is 1.04 bits per heavy atom. The molecule has 0 saturated carbocycles. The number of rotatable bonds is 8. The summed E-state index contributed by atoms with van der Waals surface area (Å²) in [4.78, 5) is 25.9. The number of nitrogens with zero attached hydrogens (tertiary/aromatic N) is 1. The normalized spacial score (nSPS) is 18.0. The number of amides is 3. The molecule has 1 saturated heterocycles. The molecule has 1 fully saturated rings. The van der Waals surface area contributed by atoms with Crippen LogP contribution in [0.25, 0.3) is 0 Å². The topological polar surface area (TPSA) is 58.6 Å². The molecular weight excluding hydrogens is 328 g/mol. The van der Waals surface area contributed by atoms with Crippen LogP contribution in [0.3, 0.4) is 0 Å². The Morgan fingerprint density at radius 2 is 1.69 bits per heavy atom. The van der Waals surface area contributed by atoms with Crippen LogP contribution in [0.4, 0.5) is 4.79 Å². The van der Waals surface area contributed by atoms with E-state index >= 15 is 0 Å². The summed E-state index contributed by atoms with van der Waals surface area (Å²) < 4.78 is 5.81. The lowest BCUT2D eigenvalue weighted by Crippen LogP contribution is -2.33. The molecule has 0 aliphatic carbocycles. The number of benzene rings is 2. The number of carbonyl (C=O) groups excluding carboxylic acids is 2. The maximum absolute atomic E-state index is 12.5. The molecule has 0 aromatic heterocycles. The number of imide groups is 1. The van der Waals surface area contributed by atoms with Crippen molar-refractivity contribution in [2.75, 3.05) is 13.2 Å². The number of carbonyl (C=O) groups is 2. The third-order valence-corrected chi connectivity index (χ3v) is 4.55. The van der Waals surface area contributed by atoms with Crippen molar-refractivity contribution in [1.29, 1.82) is 0 Å². The average molecular weight is 352 g/mol. The van der Waals surface area contributed by atoms with Crippen molar-refractivity contribution in [2.45, 2.75) is 31.9 Å². The molecule has 3 amide bonds. The summed E-state index contributed by atoms with van der Waals surface area (Å²) in [6.45, 7) is 2.87. The highest BCUT2D eigenvalue weighted by Crippen LogP contribution is 2.17. The van der Waals surface area contributed by atoms with Gasteiger partial charge in [-0.2, -0.15) is 0 Å². The first kappa shape index (κ1) is 18.1. The zero-order valence-electron chi connectivity index (χ0n) is 14.9. The van der Waals surface area contributed by atoms with Crippen LogP contribution in [0.1, 0.15) is 30.6 Å². The molecule has 1 N–H and O–H groups in total. The van der Waals surface area contributed by atoms with Crippen LogP contribution in [-0.4, -0.2) is 36.0 Å². The van der Waals surface area contributed by atoms with Gasteiger partial charge in [-0.05, 0) is 24.5 Å². The van der Waals surface area contributed by atoms with Gasteiger partial charge in [0.1, 0.15) is 6.04 Å². The minimum absolute atomic E-state index is 0.00913. The lowest BCUT2D eigenvalue weighted by molar-refractivity contribution is -0.127. The predicted octanol–water partition coefficient (Wildman–Crippen LogP) is 3.32. The molecule has 136 valence electrons. The first-order chi connectivity index (χ1) is 12.6. The van der Waals surface area contributed by atoms with E-state index in [0.29, 0.717) is 26.0 Å². The second-order valence-corrected chi connectivity index (χ2v) is 6.46. The van der Waals surface area contributed by atoms with E-state index in [1.165, 1.54) is 4.90 Å². The summed E-state index contributed by atoms with van der Waals surface area (Å²) >= 11 is 0. The summed E-state index contributed by atoms with van der Waals surface area (Å²) in [5.41, 5.74) is 2.15. The predicted molar refractivity (Wildman–Crippen MR) is 99.6 cm³/mol. The van der Waals surface area contributed by atoms with E-state index in [1.807, 2.05) is 67.6 Å².